The second-order valence-corrected chi connectivity index (χ2v) is 6.67. The molecule has 0 saturated carbocycles. The van der Waals surface area contributed by atoms with Gasteiger partial charge < -0.3 is 5.11 Å². The van der Waals surface area contributed by atoms with Crippen molar-refractivity contribution in [3.8, 4) is 5.75 Å². The van der Waals surface area contributed by atoms with Crippen molar-refractivity contribution in [3.63, 3.8) is 0 Å². The zero-order valence-electron chi connectivity index (χ0n) is 12.8. The molecule has 0 spiro atoms. The molecule has 2 aromatic rings. The highest BCUT2D eigenvalue weighted by molar-refractivity contribution is 7.47. The van der Waals surface area contributed by atoms with Gasteiger partial charge in [0.1, 0.15) is 5.75 Å². The third-order valence-corrected chi connectivity index (χ3v) is 5.36. The number of aromatic hydroxyl groups is 1. The molecular weight excluding hydrogens is 277 g/mol. The van der Waals surface area contributed by atoms with Gasteiger partial charge in [-0.25, -0.2) is 0 Å². The SMILES string of the molecule is CCC(Pc1ccccc1C=NC)c1cc(C)ccc1O. The number of nitrogens with zero attached hydrogens (tertiary/aromatic N) is 1. The molecule has 0 aliphatic rings. The Morgan fingerprint density at radius 3 is 2.71 bits per heavy atom. The Morgan fingerprint density at radius 2 is 2.00 bits per heavy atom. The molecule has 0 aromatic heterocycles. The molecule has 0 radical (unpaired) electrons. The summed E-state index contributed by atoms with van der Waals surface area (Å²) in [4.78, 5) is 4.13. The van der Waals surface area contributed by atoms with Crippen molar-refractivity contribution in [2.75, 3.05) is 7.05 Å². The number of phenolic OH excluding ortho intramolecular Hbond substituents is 1. The molecule has 0 aliphatic heterocycles. The minimum absolute atomic E-state index is 0.344. The van der Waals surface area contributed by atoms with Gasteiger partial charge in [0.15, 0.2) is 0 Å². The normalized spacial score (nSPS) is 13.3. The van der Waals surface area contributed by atoms with Gasteiger partial charge in [0.2, 0.25) is 0 Å². The van der Waals surface area contributed by atoms with Crippen molar-refractivity contribution in [1.82, 2.24) is 0 Å². The van der Waals surface area contributed by atoms with Crippen molar-refractivity contribution in [2.24, 2.45) is 4.99 Å². The van der Waals surface area contributed by atoms with Gasteiger partial charge in [-0.15, -0.1) is 0 Å². The standard InChI is InChI=1S/C18H22NOP/c1-4-17(15-11-13(2)9-10-16(15)20)21-18-8-6-5-7-14(18)12-19-3/h5-12,17,20-21H,4H2,1-3H3. The van der Waals surface area contributed by atoms with Gasteiger partial charge in [0.25, 0.3) is 0 Å². The molecule has 110 valence electrons. The molecule has 0 aliphatic carbocycles. The van der Waals surface area contributed by atoms with Crippen molar-refractivity contribution in [2.45, 2.75) is 25.9 Å². The maximum atomic E-state index is 10.2. The van der Waals surface area contributed by atoms with Gasteiger partial charge in [-0.05, 0) is 30.3 Å². The summed E-state index contributed by atoms with van der Waals surface area (Å²) in [6.45, 7) is 4.24. The smallest absolute Gasteiger partial charge is 0.119 e. The Labute approximate surface area is 128 Å². The average Bonchev–Trinajstić information content (AvgIpc) is 2.49. The fraction of sp³-hybridized carbons (Fsp3) is 0.278. The summed E-state index contributed by atoms with van der Waals surface area (Å²) in [6.07, 6.45) is 2.91. The van der Waals surface area contributed by atoms with Crippen LogP contribution in [0.2, 0.25) is 0 Å². The molecule has 2 rings (SSSR count). The fourth-order valence-corrected chi connectivity index (χ4v) is 3.89. The van der Waals surface area contributed by atoms with Crippen LogP contribution in [0.4, 0.5) is 0 Å². The number of aryl methyl sites for hydroxylation is 1. The molecule has 1 N–H and O–H groups in total. The van der Waals surface area contributed by atoms with Crippen molar-refractivity contribution in [1.29, 1.82) is 0 Å². The molecular formula is C18H22NOP. The van der Waals surface area contributed by atoms with Gasteiger partial charge in [-0.1, -0.05) is 57.5 Å². The Balaban J connectivity index is 2.33. The quantitative estimate of drug-likeness (QED) is 0.651. The van der Waals surface area contributed by atoms with Crippen LogP contribution in [0.25, 0.3) is 0 Å². The molecule has 0 fully saturated rings. The minimum atomic E-state index is 0.344. The highest BCUT2D eigenvalue weighted by Gasteiger charge is 2.15. The summed E-state index contributed by atoms with van der Waals surface area (Å²) in [5, 5.41) is 11.5. The molecule has 2 nitrogen and oxygen atoms in total. The van der Waals surface area contributed by atoms with Gasteiger partial charge in [-0.3, -0.25) is 4.99 Å². The number of hydrogen-bond acceptors (Lipinski definition) is 2. The number of benzene rings is 2. The lowest BCUT2D eigenvalue weighted by molar-refractivity contribution is 0.467. The predicted octanol–water partition coefficient (Wildman–Crippen LogP) is 4.20. The first-order valence-electron chi connectivity index (χ1n) is 7.23. The summed E-state index contributed by atoms with van der Waals surface area (Å²) in [5.74, 6) is 0.404. The van der Waals surface area contributed by atoms with Gasteiger partial charge >= 0.3 is 0 Å². The summed E-state index contributed by atoms with van der Waals surface area (Å²) in [5.41, 5.74) is 3.76. The first kappa shape index (κ1) is 15.7. The fourth-order valence-electron chi connectivity index (χ4n) is 2.42. The lowest BCUT2D eigenvalue weighted by Crippen LogP contribution is -2.06. The zero-order chi connectivity index (χ0) is 15.2. The molecule has 0 saturated heterocycles. The Hall–Kier alpha value is -1.66. The van der Waals surface area contributed by atoms with Crippen LogP contribution in [0.15, 0.2) is 47.5 Å². The Morgan fingerprint density at radius 1 is 1.24 bits per heavy atom. The van der Waals surface area contributed by atoms with E-state index in [4.69, 9.17) is 0 Å². The van der Waals surface area contributed by atoms with Crippen LogP contribution in [0, 0.1) is 6.92 Å². The van der Waals surface area contributed by atoms with Crippen molar-refractivity contribution in [3.05, 3.63) is 59.2 Å². The van der Waals surface area contributed by atoms with Crippen LogP contribution in [-0.2, 0) is 0 Å². The molecule has 0 amide bonds. The molecule has 0 heterocycles. The maximum Gasteiger partial charge on any atom is 0.119 e. The van der Waals surface area contributed by atoms with E-state index in [2.05, 4.69) is 43.1 Å². The molecule has 3 heteroatoms. The zero-order valence-corrected chi connectivity index (χ0v) is 13.8. The van der Waals surface area contributed by atoms with E-state index in [1.807, 2.05) is 18.3 Å². The molecule has 2 unspecified atom stereocenters. The Bertz CT molecular complexity index is 637. The number of rotatable bonds is 5. The van der Waals surface area contributed by atoms with Crippen molar-refractivity contribution < 1.29 is 5.11 Å². The number of phenols is 1. The topological polar surface area (TPSA) is 32.6 Å². The summed E-state index contributed by atoms with van der Waals surface area (Å²) < 4.78 is 0. The third kappa shape index (κ3) is 3.92. The number of hydrogen-bond donors (Lipinski definition) is 1. The maximum absolute atomic E-state index is 10.2. The summed E-state index contributed by atoms with van der Waals surface area (Å²) >= 11 is 0. The molecule has 0 bridgehead atoms. The van der Waals surface area contributed by atoms with Crippen LogP contribution in [0.1, 0.15) is 35.7 Å². The van der Waals surface area contributed by atoms with E-state index in [9.17, 15) is 5.11 Å². The minimum Gasteiger partial charge on any atom is -0.508 e. The van der Waals surface area contributed by atoms with E-state index in [-0.39, 0.29) is 0 Å². The lowest BCUT2D eigenvalue weighted by Gasteiger charge is -2.18. The first-order valence-corrected chi connectivity index (χ1v) is 8.30. The molecule has 2 aromatic carbocycles. The first-order chi connectivity index (χ1) is 10.2. The van der Waals surface area contributed by atoms with E-state index in [1.54, 1.807) is 13.1 Å². The van der Waals surface area contributed by atoms with Crippen molar-refractivity contribution >= 4 is 20.1 Å². The van der Waals surface area contributed by atoms with E-state index >= 15 is 0 Å². The largest absolute Gasteiger partial charge is 0.508 e. The van der Waals surface area contributed by atoms with E-state index < -0.39 is 0 Å². The van der Waals surface area contributed by atoms with Gasteiger partial charge in [0, 0.05) is 24.5 Å². The average molecular weight is 299 g/mol. The van der Waals surface area contributed by atoms with Crippen LogP contribution in [0.5, 0.6) is 5.75 Å². The summed E-state index contributed by atoms with van der Waals surface area (Å²) in [6, 6.07) is 14.2. The second kappa shape index (κ2) is 7.38. The van der Waals surface area contributed by atoms with Crippen LogP contribution < -0.4 is 5.30 Å². The van der Waals surface area contributed by atoms with Crippen LogP contribution >= 0.6 is 8.58 Å². The van der Waals surface area contributed by atoms with Crippen LogP contribution in [-0.4, -0.2) is 18.4 Å². The number of aliphatic imine (C=N–C) groups is 1. The highest BCUT2D eigenvalue weighted by Crippen LogP contribution is 2.41. The second-order valence-electron chi connectivity index (χ2n) is 5.14. The third-order valence-electron chi connectivity index (χ3n) is 3.53. The molecule has 2 atom stereocenters. The highest BCUT2D eigenvalue weighted by atomic mass is 31.1. The molecule has 21 heavy (non-hydrogen) atoms. The van der Waals surface area contributed by atoms with E-state index in [0.29, 0.717) is 20.0 Å². The van der Waals surface area contributed by atoms with Gasteiger partial charge in [-0.2, -0.15) is 0 Å². The van der Waals surface area contributed by atoms with E-state index in [0.717, 1.165) is 12.0 Å². The predicted molar refractivity (Wildman–Crippen MR) is 93.8 cm³/mol. The Kier molecular flexibility index (Phi) is 5.52. The lowest BCUT2D eigenvalue weighted by atomic mass is 10.1. The summed E-state index contributed by atoms with van der Waals surface area (Å²) in [7, 11) is 2.42. The van der Waals surface area contributed by atoms with Crippen LogP contribution in [0.3, 0.4) is 0 Å². The van der Waals surface area contributed by atoms with E-state index in [1.165, 1.54) is 16.4 Å². The monoisotopic (exact) mass is 299 g/mol. The van der Waals surface area contributed by atoms with Gasteiger partial charge in [0.05, 0.1) is 0 Å².